The van der Waals surface area contributed by atoms with Gasteiger partial charge in [-0.05, 0) is 32.0 Å². The molecule has 2 rings (SSSR count). The van der Waals surface area contributed by atoms with Gasteiger partial charge in [0.2, 0.25) is 0 Å². The third kappa shape index (κ3) is 3.25. The maximum Gasteiger partial charge on any atom is 0.326 e. The lowest BCUT2D eigenvalue weighted by atomic mass is 10.2. The first-order valence-electron chi connectivity index (χ1n) is 6.56. The van der Waals surface area contributed by atoms with Crippen LogP contribution in [0.25, 0.3) is 0 Å². The number of methoxy groups -OCH3 is 1. The van der Waals surface area contributed by atoms with Crippen LogP contribution in [-0.4, -0.2) is 28.7 Å². The van der Waals surface area contributed by atoms with Crippen LogP contribution in [0.1, 0.15) is 29.0 Å². The smallest absolute Gasteiger partial charge is 0.326 e. The van der Waals surface area contributed by atoms with Gasteiger partial charge >= 0.3 is 5.97 Å². The Morgan fingerprint density at radius 2 is 2.14 bits per heavy atom. The minimum Gasteiger partial charge on any atom is -0.497 e. The van der Waals surface area contributed by atoms with Gasteiger partial charge in [-0.15, -0.1) is 11.3 Å². The molecule has 1 amide bonds. The van der Waals surface area contributed by atoms with Crippen LogP contribution in [0.15, 0.2) is 34.6 Å². The fourth-order valence-electron chi connectivity index (χ4n) is 1.97. The first-order chi connectivity index (χ1) is 10.4. The third-order valence-corrected chi connectivity index (χ3v) is 4.14. The number of carboxylic acids is 1. The Morgan fingerprint density at radius 1 is 1.41 bits per heavy atom. The molecule has 1 aromatic heterocycles. The first-order valence-corrected chi connectivity index (χ1v) is 7.44. The number of rotatable bonds is 4. The van der Waals surface area contributed by atoms with E-state index in [1.807, 2.05) is 0 Å². The van der Waals surface area contributed by atoms with Gasteiger partial charge < -0.3 is 14.4 Å². The van der Waals surface area contributed by atoms with Crippen molar-refractivity contribution < 1.29 is 19.4 Å². The molecule has 0 aliphatic heterocycles. The lowest BCUT2D eigenvalue weighted by Gasteiger charge is -2.10. The number of hydrogen-bond acceptors (Lipinski definition) is 4. The van der Waals surface area contributed by atoms with Crippen LogP contribution in [0, 0.1) is 6.92 Å². The SMILES string of the molecule is COc1cccc(C(=O)N=c2scc(C)n2C(C)C(=O)O)c1. The van der Waals surface area contributed by atoms with E-state index in [1.54, 1.807) is 43.5 Å². The fourth-order valence-corrected chi connectivity index (χ4v) is 2.91. The average molecular weight is 320 g/mol. The van der Waals surface area contributed by atoms with Gasteiger partial charge in [-0.1, -0.05) is 6.07 Å². The van der Waals surface area contributed by atoms with E-state index < -0.39 is 17.9 Å². The number of aliphatic carboxylic acids is 1. The summed E-state index contributed by atoms with van der Waals surface area (Å²) >= 11 is 1.24. The van der Waals surface area contributed by atoms with Gasteiger partial charge in [0.15, 0.2) is 4.80 Å². The van der Waals surface area contributed by atoms with Crippen molar-refractivity contribution in [3.8, 4) is 5.75 Å². The van der Waals surface area contributed by atoms with Gasteiger partial charge in [0, 0.05) is 16.6 Å². The van der Waals surface area contributed by atoms with E-state index in [9.17, 15) is 9.59 Å². The molecule has 0 aliphatic rings. The summed E-state index contributed by atoms with van der Waals surface area (Å²) in [6.07, 6.45) is 0. The molecule has 1 atom stereocenters. The van der Waals surface area contributed by atoms with Crippen molar-refractivity contribution in [3.63, 3.8) is 0 Å². The predicted octanol–water partition coefficient (Wildman–Crippen LogP) is 2.25. The third-order valence-electron chi connectivity index (χ3n) is 3.18. The monoisotopic (exact) mass is 320 g/mol. The number of carbonyl (C=O) groups is 2. The summed E-state index contributed by atoms with van der Waals surface area (Å²) in [5.41, 5.74) is 1.14. The van der Waals surface area contributed by atoms with E-state index in [4.69, 9.17) is 9.84 Å². The Kier molecular flexibility index (Phi) is 4.77. The van der Waals surface area contributed by atoms with Crippen molar-refractivity contribution in [1.82, 2.24) is 4.57 Å². The molecule has 2 aromatic rings. The summed E-state index contributed by atoms with van der Waals surface area (Å²) in [7, 11) is 1.52. The number of benzene rings is 1. The van der Waals surface area contributed by atoms with Crippen LogP contribution in [0.3, 0.4) is 0 Å². The number of thiazole rings is 1. The molecule has 22 heavy (non-hydrogen) atoms. The van der Waals surface area contributed by atoms with Crippen molar-refractivity contribution in [2.45, 2.75) is 19.9 Å². The summed E-state index contributed by atoms with van der Waals surface area (Å²) in [5, 5.41) is 10.9. The summed E-state index contributed by atoms with van der Waals surface area (Å²) in [6, 6.07) is 5.88. The van der Waals surface area contributed by atoms with E-state index >= 15 is 0 Å². The van der Waals surface area contributed by atoms with E-state index in [-0.39, 0.29) is 0 Å². The Balaban J connectivity index is 2.45. The standard InChI is InChI=1S/C15H16N2O4S/c1-9-8-22-15(17(9)10(2)14(19)20)16-13(18)11-5-4-6-12(7-11)21-3/h4-8,10H,1-3H3,(H,19,20). The van der Waals surface area contributed by atoms with E-state index in [0.717, 1.165) is 5.69 Å². The van der Waals surface area contributed by atoms with Crippen LogP contribution >= 0.6 is 11.3 Å². The molecular formula is C15H16N2O4S. The Hall–Kier alpha value is -2.41. The Labute approximate surface area is 131 Å². The zero-order valence-corrected chi connectivity index (χ0v) is 13.3. The molecule has 6 nitrogen and oxygen atoms in total. The molecule has 0 bridgehead atoms. The van der Waals surface area contributed by atoms with Crippen LogP contribution in [-0.2, 0) is 4.79 Å². The number of carboxylic acid groups (broad SMARTS) is 1. The Morgan fingerprint density at radius 3 is 2.77 bits per heavy atom. The second-order valence-corrected chi connectivity index (χ2v) is 5.53. The summed E-state index contributed by atoms with van der Waals surface area (Å²) in [6.45, 7) is 3.34. The fraction of sp³-hybridized carbons (Fsp3) is 0.267. The van der Waals surface area contributed by atoms with Crippen LogP contribution < -0.4 is 9.54 Å². The quantitative estimate of drug-likeness (QED) is 0.937. The van der Waals surface area contributed by atoms with E-state index in [0.29, 0.717) is 16.1 Å². The second kappa shape index (κ2) is 6.57. The van der Waals surface area contributed by atoms with Gasteiger partial charge in [-0.3, -0.25) is 4.79 Å². The predicted molar refractivity (Wildman–Crippen MR) is 82.3 cm³/mol. The lowest BCUT2D eigenvalue weighted by molar-refractivity contribution is -0.140. The highest BCUT2D eigenvalue weighted by atomic mass is 32.1. The molecule has 1 N–H and O–H groups in total. The van der Waals surface area contributed by atoms with Gasteiger partial charge in [-0.2, -0.15) is 4.99 Å². The van der Waals surface area contributed by atoms with Crippen LogP contribution in [0.4, 0.5) is 0 Å². The Bertz CT molecular complexity index is 776. The number of amides is 1. The summed E-state index contributed by atoms with van der Waals surface area (Å²) in [4.78, 5) is 27.9. The minimum absolute atomic E-state index is 0.361. The van der Waals surface area contributed by atoms with E-state index in [2.05, 4.69) is 4.99 Å². The number of hydrogen-bond donors (Lipinski definition) is 1. The van der Waals surface area contributed by atoms with Gasteiger partial charge in [0.25, 0.3) is 5.91 Å². The van der Waals surface area contributed by atoms with Crippen LogP contribution in [0.5, 0.6) is 5.75 Å². The maximum atomic E-state index is 12.3. The molecule has 0 aliphatic carbocycles. The summed E-state index contributed by atoms with van der Waals surface area (Å²) < 4.78 is 6.61. The molecule has 1 unspecified atom stereocenters. The maximum absolute atomic E-state index is 12.3. The highest BCUT2D eigenvalue weighted by molar-refractivity contribution is 7.07. The zero-order chi connectivity index (χ0) is 16.3. The van der Waals surface area contributed by atoms with Crippen molar-refractivity contribution in [2.24, 2.45) is 4.99 Å². The molecule has 1 heterocycles. The highest BCUT2D eigenvalue weighted by Gasteiger charge is 2.17. The molecule has 0 fully saturated rings. The lowest BCUT2D eigenvalue weighted by Crippen LogP contribution is -2.26. The average Bonchev–Trinajstić information content (AvgIpc) is 2.87. The number of carbonyl (C=O) groups excluding carboxylic acids is 1. The molecule has 7 heteroatoms. The number of ether oxygens (including phenoxy) is 1. The molecular weight excluding hydrogens is 304 g/mol. The summed E-state index contributed by atoms with van der Waals surface area (Å²) in [5.74, 6) is -0.848. The minimum atomic E-state index is -0.975. The molecule has 0 radical (unpaired) electrons. The number of nitrogens with zero attached hydrogens (tertiary/aromatic N) is 2. The van der Waals surface area contributed by atoms with E-state index in [1.165, 1.54) is 23.0 Å². The van der Waals surface area contributed by atoms with Gasteiger partial charge in [0.05, 0.1) is 7.11 Å². The second-order valence-electron chi connectivity index (χ2n) is 4.69. The largest absolute Gasteiger partial charge is 0.497 e. The first kappa shape index (κ1) is 16.0. The van der Waals surface area contributed by atoms with Gasteiger partial charge in [-0.25, -0.2) is 4.79 Å². The topological polar surface area (TPSA) is 80.9 Å². The molecule has 116 valence electrons. The normalized spacial score (nSPS) is 13.0. The number of aromatic nitrogens is 1. The highest BCUT2D eigenvalue weighted by Crippen LogP contribution is 2.14. The van der Waals surface area contributed by atoms with Crippen molar-refractivity contribution in [1.29, 1.82) is 0 Å². The molecule has 0 saturated heterocycles. The molecule has 1 aromatic carbocycles. The van der Waals surface area contributed by atoms with Crippen LogP contribution in [0.2, 0.25) is 0 Å². The zero-order valence-electron chi connectivity index (χ0n) is 12.4. The van der Waals surface area contributed by atoms with Crippen molar-refractivity contribution in [2.75, 3.05) is 7.11 Å². The number of aryl methyl sites for hydroxylation is 1. The van der Waals surface area contributed by atoms with Gasteiger partial charge in [0.1, 0.15) is 11.8 Å². The molecule has 0 saturated carbocycles. The van der Waals surface area contributed by atoms with Crippen molar-refractivity contribution >= 4 is 23.2 Å². The van der Waals surface area contributed by atoms with Crippen molar-refractivity contribution in [3.05, 3.63) is 45.7 Å². The molecule has 0 spiro atoms.